The van der Waals surface area contributed by atoms with E-state index in [2.05, 4.69) is 5.73 Å². The van der Waals surface area contributed by atoms with Gasteiger partial charge in [0.25, 0.3) is 0 Å². The predicted molar refractivity (Wildman–Crippen MR) is 42.4 cm³/mol. The first-order valence-electron chi connectivity index (χ1n) is 0.743. The molecule has 0 aliphatic carbocycles. The van der Waals surface area contributed by atoms with Gasteiger partial charge in [0.05, 0.1) is 4.79 Å². The Labute approximate surface area is 93.2 Å². The van der Waals surface area contributed by atoms with E-state index in [1.165, 1.54) is 0 Å². The minimum absolute atomic E-state index is 0. The minimum atomic E-state index is -1.08. The van der Waals surface area contributed by atoms with Gasteiger partial charge < -0.3 is 35.9 Å². The van der Waals surface area contributed by atoms with Crippen LogP contribution >= 0.6 is 0 Å². The van der Waals surface area contributed by atoms with Gasteiger partial charge >= 0.3 is 22.9 Å². The number of carbonyl (C=O) groups is 1. The van der Waals surface area contributed by atoms with Crippen molar-refractivity contribution in [2.24, 2.45) is 5.73 Å². The third-order valence-corrected chi connectivity index (χ3v) is 0. The number of halogens is 1. The van der Waals surface area contributed by atoms with Gasteiger partial charge in [-0.2, -0.15) is 0 Å². The van der Waals surface area contributed by atoms with E-state index in [-0.39, 0.29) is 71.5 Å². The van der Waals surface area contributed by atoms with Crippen LogP contribution in [0, 0.1) is 0 Å². The molecule has 0 spiro atoms. The number of hydrogen-bond acceptors (Lipinski definition) is 1. The van der Waals surface area contributed by atoms with Crippen LogP contribution in [0.1, 0.15) is 0 Å². The zero-order chi connectivity index (χ0) is 3.58. The summed E-state index contributed by atoms with van der Waals surface area (Å²) in [6.45, 7) is 0. The summed E-state index contributed by atoms with van der Waals surface area (Å²) in [5.74, 6) is 0. The molecule has 0 saturated carbocycles. The molecule has 78 valence electrons. The van der Waals surface area contributed by atoms with Crippen molar-refractivity contribution in [1.29, 1.82) is 0 Å². The molecule has 0 aliphatic heterocycles. The van der Waals surface area contributed by atoms with Crippen LogP contribution in [0.4, 0.5) is 4.79 Å². The maximum Gasteiger partial charge on any atom is 3.00 e. The van der Waals surface area contributed by atoms with Crippen molar-refractivity contribution >= 4 is 6.09 Å². The Hall–Kier alpha value is 0.306. The van der Waals surface area contributed by atoms with E-state index < -0.39 is 6.09 Å². The van der Waals surface area contributed by atoms with Gasteiger partial charge in [-0.15, -0.1) is 0 Å². The summed E-state index contributed by atoms with van der Waals surface area (Å²) in [7, 11) is 0. The van der Waals surface area contributed by atoms with E-state index >= 15 is 0 Å². The average molecular weight is 330 g/mol. The smallest absolute Gasteiger partial charge is 0.693 e. The number of carbonyl (C=O) groups excluding carboxylic acids is 1. The largest absolute Gasteiger partial charge is 3.00 e. The maximum absolute atomic E-state index is 8.89. The molecule has 0 aromatic carbocycles. The Morgan fingerprint density at radius 2 is 1.00 bits per heavy atom. The fourth-order valence-electron chi connectivity index (χ4n) is 0. The quantitative estimate of drug-likeness (QED) is 0.420. The predicted octanol–water partition coefficient (Wildman–Crippen LogP) is -1.16. The van der Waals surface area contributed by atoms with Crippen molar-refractivity contribution in [3.05, 3.63) is 30.8 Å². The van der Waals surface area contributed by atoms with E-state index in [1.54, 1.807) is 0 Å². The third kappa shape index (κ3) is 7570. The fourth-order valence-corrected chi connectivity index (χ4v) is 0. The normalized spacial score (nSPS) is 2.18. The number of hydrogen-bond donors (Lipinski definition) is 1. The molecule has 10 heteroatoms. The van der Waals surface area contributed by atoms with Crippen LogP contribution in [0.15, 0.2) is 0 Å². The Morgan fingerprint density at radius 1 is 1.00 bits per heavy atom. The van der Waals surface area contributed by atoms with Crippen LogP contribution in [0.25, 0.3) is 30.8 Å². The number of primary amides is 1. The summed E-state index contributed by atoms with van der Waals surface area (Å²) in [5, 5.41) is 5.72. The van der Waals surface area contributed by atoms with Crippen molar-refractivity contribution in [3.63, 3.8) is 0 Å². The fraction of sp³-hybridized carbons (Fsp3) is 0. The molecule has 0 atom stereocenters. The Morgan fingerprint density at radius 3 is 1.00 bits per heavy atom. The molecule has 0 bridgehead atoms. The molecule has 0 aliphatic rings. The van der Waals surface area contributed by atoms with E-state index in [9.17, 15) is 0 Å². The summed E-state index contributed by atoms with van der Waals surface area (Å²) in [6, 6.07) is 0. The maximum atomic E-state index is 8.89. The molecule has 11 heavy (non-hydrogen) atoms. The molecule has 14 N–H and O–H groups in total. The van der Waals surface area contributed by atoms with Crippen molar-refractivity contribution in [2.45, 2.75) is 0 Å². The third-order valence-electron chi connectivity index (χ3n) is 0. The van der Waals surface area contributed by atoms with Gasteiger partial charge in [0.1, 0.15) is 0 Å². The molecule has 0 aromatic heterocycles. The molecule has 0 heterocycles. The molecule has 0 rings (SSSR count). The monoisotopic (exact) mass is 330 g/mol. The first-order valence-corrected chi connectivity index (χ1v) is 0.743. The van der Waals surface area contributed by atoms with Crippen LogP contribution in [0.5, 0.6) is 0 Å². The van der Waals surface area contributed by atoms with E-state index in [0.717, 1.165) is 0 Å². The second-order valence-corrected chi connectivity index (χ2v) is 0.364. The molecule has 8 nitrogen and oxygen atoms in total. The van der Waals surface area contributed by atoms with Crippen LogP contribution < -0.4 is 29.7 Å². The van der Waals surface area contributed by atoms with Crippen LogP contribution in [-0.4, -0.2) is 11.2 Å². The van der Waals surface area contributed by atoms with E-state index in [0.29, 0.717) is 0 Å². The molecule has 0 aromatic rings. The summed E-state index contributed by atoms with van der Waals surface area (Å²) in [6.07, 6.45) is -1.08. The Kier molecular flexibility index (Phi) is 815. The molecular weight excluding hydrogens is 314 g/mol. The van der Waals surface area contributed by atoms with Crippen LogP contribution in [-0.2, 0) is 16.8 Å². The Balaban J connectivity index is -0.00000000214. The summed E-state index contributed by atoms with van der Waals surface area (Å²) in [5.41, 5.74) is 4.14. The van der Waals surface area contributed by atoms with E-state index in [4.69, 9.17) is 9.90 Å². The van der Waals surface area contributed by atoms with Gasteiger partial charge in [-0.05, 0) is 0 Å². The average Bonchev–Trinajstić information content (AvgIpc) is 0.811. The molecule has 0 saturated heterocycles. The van der Waals surface area contributed by atoms with Gasteiger partial charge in [-0.25, -0.2) is 0 Å². The number of amides is 1. The summed E-state index contributed by atoms with van der Waals surface area (Å²) in [4.78, 5) is 8.89. The second kappa shape index (κ2) is 81.6. The topological polar surface area (TPSA) is 233 Å². The summed E-state index contributed by atoms with van der Waals surface area (Å²) >= 11 is 0. The minimum Gasteiger partial charge on any atom is -0.693 e. The van der Waals surface area contributed by atoms with Gasteiger partial charge in [0, 0.05) is 0 Å². The molecule has 0 unspecified atom stereocenters. The van der Waals surface area contributed by atoms with Crippen LogP contribution in [0.3, 0.4) is 0 Å². The SMILES string of the molecule is NC(=O)[OH2+].[Co+3].[IH2+].[NH2-].[NH2-].[NH2-].[NH2-].[NH2-]. The molecular formula is CH16CoIN6O2. The zero-order valence-electron chi connectivity index (χ0n) is 5.65. The van der Waals surface area contributed by atoms with Crippen LogP contribution in [0.2, 0.25) is 0 Å². The standard InChI is InChI=1S/CH3NO2.Co.H2I.5H2N/c2-1(3)4;;;;;;;/h2H2,(H,3,4);;6*1H2/q;+3;+1;5*-1/p+1. The van der Waals surface area contributed by atoms with Crippen molar-refractivity contribution in [1.82, 2.24) is 0 Å². The van der Waals surface area contributed by atoms with Crippen molar-refractivity contribution in [2.75, 3.05) is 0 Å². The number of rotatable bonds is 0. The second-order valence-electron chi connectivity index (χ2n) is 0.364. The zero-order valence-corrected chi connectivity index (χ0v) is 9.25. The molecule has 0 radical (unpaired) electrons. The number of nitrogens with two attached hydrogens (primary N) is 6. The Bertz CT molecular complexity index is 43.6. The van der Waals surface area contributed by atoms with E-state index in [1.807, 2.05) is 0 Å². The first kappa shape index (κ1) is 110. The van der Waals surface area contributed by atoms with Gasteiger partial charge in [0.2, 0.25) is 24.0 Å². The van der Waals surface area contributed by atoms with Gasteiger partial charge in [-0.1, -0.05) is 0 Å². The van der Waals surface area contributed by atoms with Crippen molar-refractivity contribution < 1.29 is 50.7 Å². The first-order chi connectivity index (χ1) is 1.73. The van der Waals surface area contributed by atoms with Gasteiger partial charge in [0.15, 0.2) is 0 Å². The summed E-state index contributed by atoms with van der Waals surface area (Å²) < 4.78 is 0. The van der Waals surface area contributed by atoms with Gasteiger partial charge in [-0.3, -0.25) is 5.73 Å². The molecule has 0 fully saturated rings. The van der Waals surface area contributed by atoms with Crippen molar-refractivity contribution in [3.8, 4) is 0 Å². The molecule has 1 amide bonds.